The number of rotatable bonds is 2. The third-order valence-electron chi connectivity index (χ3n) is 2.91. The van der Waals surface area contributed by atoms with E-state index >= 15 is 0 Å². The lowest BCUT2D eigenvalue weighted by molar-refractivity contribution is -0.151. The molecule has 1 aromatic carbocycles. The summed E-state index contributed by atoms with van der Waals surface area (Å²) in [6.45, 7) is 0.563. The zero-order valence-electron chi connectivity index (χ0n) is 9.03. The molecule has 0 bridgehead atoms. The number of halogens is 2. The maximum atomic E-state index is 11.2. The second-order valence-electron chi connectivity index (χ2n) is 4.04. The molecule has 17 heavy (non-hydrogen) atoms. The van der Waals surface area contributed by atoms with Gasteiger partial charge >= 0.3 is 5.97 Å². The van der Waals surface area contributed by atoms with Crippen molar-refractivity contribution in [1.29, 1.82) is 0 Å². The number of benzene rings is 1. The summed E-state index contributed by atoms with van der Waals surface area (Å²) in [7, 11) is 0. The smallest absolute Gasteiger partial charge is 0.309 e. The normalized spacial score (nSPS) is 24.6. The fraction of sp³-hybridized carbons (Fsp3) is 0.417. The van der Waals surface area contributed by atoms with Gasteiger partial charge in [-0.25, -0.2) is 0 Å². The SMILES string of the molecule is O=C(O)[C@H]1CCCO[C@@H]1c1ccc(Cl)cc1Cl. The lowest BCUT2D eigenvalue weighted by Gasteiger charge is -2.29. The minimum absolute atomic E-state index is 0.454. The lowest BCUT2D eigenvalue weighted by Crippen LogP contribution is -2.29. The van der Waals surface area contributed by atoms with Crippen LogP contribution < -0.4 is 0 Å². The summed E-state index contributed by atoms with van der Waals surface area (Å²) in [5.41, 5.74) is 0.697. The van der Waals surface area contributed by atoms with Crippen molar-refractivity contribution >= 4 is 29.2 Å². The Morgan fingerprint density at radius 3 is 2.82 bits per heavy atom. The molecule has 0 unspecified atom stereocenters. The van der Waals surface area contributed by atoms with Gasteiger partial charge in [0, 0.05) is 22.2 Å². The Kier molecular flexibility index (Phi) is 3.92. The van der Waals surface area contributed by atoms with E-state index in [2.05, 4.69) is 0 Å². The van der Waals surface area contributed by atoms with Crippen LogP contribution in [0.2, 0.25) is 10.0 Å². The van der Waals surface area contributed by atoms with Crippen LogP contribution in [0, 0.1) is 5.92 Å². The summed E-state index contributed by atoms with van der Waals surface area (Å²) in [5, 5.41) is 10.1. The number of ether oxygens (including phenoxy) is 1. The van der Waals surface area contributed by atoms with Crippen LogP contribution in [0.15, 0.2) is 18.2 Å². The number of carboxylic acid groups (broad SMARTS) is 1. The molecule has 1 aliphatic heterocycles. The molecular formula is C12H12Cl2O3. The molecule has 1 heterocycles. The molecule has 0 aromatic heterocycles. The van der Waals surface area contributed by atoms with E-state index in [0.717, 1.165) is 6.42 Å². The molecule has 1 aliphatic rings. The van der Waals surface area contributed by atoms with Gasteiger partial charge in [0.05, 0.1) is 12.0 Å². The van der Waals surface area contributed by atoms with E-state index in [4.69, 9.17) is 33.0 Å². The van der Waals surface area contributed by atoms with Crippen molar-refractivity contribution in [1.82, 2.24) is 0 Å². The minimum atomic E-state index is -0.847. The Morgan fingerprint density at radius 2 is 2.18 bits per heavy atom. The van der Waals surface area contributed by atoms with Gasteiger partial charge in [0.1, 0.15) is 0 Å². The van der Waals surface area contributed by atoms with Crippen molar-refractivity contribution < 1.29 is 14.6 Å². The average Bonchev–Trinajstić information content (AvgIpc) is 2.29. The monoisotopic (exact) mass is 274 g/mol. The standard InChI is InChI=1S/C12H12Cl2O3/c13-7-3-4-8(10(14)6-7)11-9(12(15)16)2-1-5-17-11/h3-4,6,9,11H,1-2,5H2,(H,15,16)/t9-,11+/m0/s1. The fourth-order valence-corrected chi connectivity index (χ4v) is 2.59. The molecule has 0 spiro atoms. The zero-order chi connectivity index (χ0) is 12.4. The van der Waals surface area contributed by atoms with Crippen molar-refractivity contribution in [3.8, 4) is 0 Å². The Balaban J connectivity index is 2.32. The van der Waals surface area contributed by atoms with E-state index in [0.29, 0.717) is 28.6 Å². The number of hydrogen-bond acceptors (Lipinski definition) is 2. The third-order valence-corrected chi connectivity index (χ3v) is 3.47. The van der Waals surface area contributed by atoms with E-state index in [1.165, 1.54) is 0 Å². The first-order valence-corrected chi connectivity index (χ1v) is 6.14. The van der Waals surface area contributed by atoms with E-state index in [-0.39, 0.29) is 0 Å². The predicted molar refractivity (Wildman–Crippen MR) is 65.5 cm³/mol. The van der Waals surface area contributed by atoms with Crippen LogP contribution in [0.3, 0.4) is 0 Å². The molecule has 1 aromatic rings. The van der Waals surface area contributed by atoms with Crippen LogP contribution in [0.4, 0.5) is 0 Å². The van der Waals surface area contributed by atoms with Crippen LogP contribution in [0.25, 0.3) is 0 Å². The summed E-state index contributed by atoms with van der Waals surface area (Å²) in [6.07, 6.45) is 0.892. The van der Waals surface area contributed by atoms with Crippen LogP contribution in [-0.2, 0) is 9.53 Å². The van der Waals surface area contributed by atoms with Gasteiger partial charge in [-0.05, 0) is 25.0 Å². The molecule has 0 radical (unpaired) electrons. The first-order valence-electron chi connectivity index (χ1n) is 5.39. The van der Waals surface area contributed by atoms with Gasteiger partial charge in [-0.2, -0.15) is 0 Å². The number of aliphatic carboxylic acids is 1. The quantitative estimate of drug-likeness (QED) is 0.897. The molecule has 0 aliphatic carbocycles. The summed E-state index contributed by atoms with van der Waals surface area (Å²) in [5.74, 6) is -1.39. The highest BCUT2D eigenvalue weighted by Gasteiger charge is 2.34. The van der Waals surface area contributed by atoms with Crippen molar-refractivity contribution in [2.24, 2.45) is 5.92 Å². The molecule has 1 saturated heterocycles. The Bertz CT molecular complexity index is 434. The number of carbonyl (C=O) groups is 1. The second-order valence-corrected chi connectivity index (χ2v) is 4.89. The van der Waals surface area contributed by atoms with E-state index in [1.807, 2.05) is 0 Å². The summed E-state index contributed by atoms with van der Waals surface area (Å²) in [4.78, 5) is 11.2. The summed E-state index contributed by atoms with van der Waals surface area (Å²) < 4.78 is 5.55. The summed E-state index contributed by atoms with van der Waals surface area (Å²) >= 11 is 11.9. The van der Waals surface area contributed by atoms with Gasteiger partial charge in [0.2, 0.25) is 0 Å². The molecule has 92 valence electrons. The molecular weight excluding hydrogens is 263 g/mol. The Morgan fingerprint density at radius 1 is 1.41 bits per heavy atom. The topological polar surface area (TPSA) is 46.5 Å². The highest BCUT2D eigenvalue weighted by Crippen LogP contribution is 2.37. The molecule has 5 heteroatoms. The van der Waals surface area contributed by atoms with Crippen LogP contribution in [-0.4, -0.2) is 17.7 Å². The van der Waals surface area contributed by atoms with E-state index in [9.17, 15) is 4.79 Å². The van der Waals surface area contributed by atoms with Gasteiger partial charge < -0.3 is 9.84 Å². The molecule has 1 fully saturated rings. The first-order chi connectivity index (χ1) is 8.09. The highest BCUT2D eigenvalue weighted by atomic mass is 35.5. The minimum Gasteiger partial charge on any atom is -0.481 e. The lowest BCUT2D eigenvalue weighted by atomic mass is 9.89. The molecule has 1 N–H and O–H groups in total. The molecule has 0 amide bonds. The fourth-order valence-electron chi connectivity index (χ4n) is 2.07. The van der Waals surface area contributed by atoms with Crippen molar-refractivity contribution in [2.75, 3.05) is 6.61 Å². The molecule has 3 nitrogen and oxygen atoms in total. The van der Waals surface area contributed by atoms with Crippen molar-refractivity contribution in [3.05, 3.63) is 33.8 Å². The maximum absolute atomic E-state index is 11.2. The van der Waals surface area contributed by atoms with Gasteiger partial charge in [-0.1, -0.05) is 29.3 Å². The van der Waals surface area contributed by atoms with Crippen molar-refractivity contribution in [3.63, 3.8) is 0 Å². The zero-order valence-corrected chi connectivity index (χ0v) is 10.5. The molecule has 2 atom stereocenters. The van der Waals surface area contributed by atoms with Crippen molar-refractivity contribution in [2.45, 2.75) is 18.9 Å². The third kappa shape index (κ3) is 2.73. The molecule has 2 rings (SSSR count). The maximum Gasteiger partial charge on any atom is 0.309 e. The van der Waals surface area contributed by atoms with Gasteiger partial charge in [-0.3, -0.25) is 4.79 Å². The largest absolute Gasteiger partial charge is 0.481 e. The van der Waals surface area contributed by atoms with Gasteiger partial charge in [-0.15, -0.1) is 0 Å². The van der Waals surface area contributed by atoms with Crippen LogP contribution >= 0.6 is 23.2 Å². The number of hydrogen-bond donors (Lipinski definition) is 1. The van der Waals surface area contributed by atoms with Gasteiger partial charge in [0.25, 0.3) is 0 Å². The average molecular weight is 275 g/mol. The van der Waals surface area contributed by atoms with Gasteiger partial charge in [0.15, 0.2) is 0 Å². The Hall–Kier alpha value is -0.770. The first kappa shape index (κ1) is 12.7. The Labute approximate surface area is 109 Å². The van der Waals surface area contributed by atoms with E-state index in [1.54, 1.807) is 18.2 Å². The number of carboxylic acids is 1. The van der Waals surface area contributed by atoms with E-state index < -0.39 is 18.0 Å². The summed E-state index contributed by atoms with van der Waals surface area (Å²) in [6, 6.07) is 5.03. The van der Waals surface area contributed by atoms with Crippen LogP contribution in [0.1, 0.15) is 24.5 Å². The predicted octanol–water partition coefficient (Wildman–Crippen LogP) is 3.55. The highest BCUT2D eigenvalue weighted by molar-refractivity contribution is 6.35. The van der Waals surface area contributed by atoms with Crippen LogP contribution in [0.5, 0.6) is 0 Å². The second kappa shape index (κ2) is 5.25. The molecule has 0 saturated carbocycles.